The number of allylic oxidation sites excluding steroid dienone is 1. The van der Waals surface area contributed by atoms with Crippen LogP contribution in [-0.4, -0.2) is 90.5 Å². The molecule has 2 rings (SSSR count). The van der Waals surface area contributed by atoms with Crippen molar-refractivity contribution in [3.63, 3.8) is 0 Å². The SMILES string of the molecule is C=CCCC(CN(C)C1CCN(C)CC1)Oc1cncc(C(=O)N(C)C)n1. The molecule has 1 aliphatic rings. The topological polar surface area (TPSA) is 61.8 Å². The van der Waals surface area contributed by atoms with Crippen molar-refractivity contribution in [2.24, 2.45) is 0 Å². The Morgan fingerprint density at radius 1 is 1.37 bits per heavy atom. The van der Waals surface area contributed by atoms with Gasteiger partial charge in [0, 0.05) is 26.7 Å². The summed E-state index contributed by atoms with van der Waals surface area (Å²) in [5.74, 6) is 0.215. The molecule has 1 amide bonds. The zero-order chi connectivity index (χ0) is 19.8. The number of aromatic nitrogens is 2. The molecule has 0 aliphatic carbocycles. The van der Waals surface area contributed by atoms with E-state index in [1.165, 1.54) is 23.9 Å². The van der Waals surface area contributed by atoms with Crippen LogP contribution >= 0.6 is 0 Å². The van der Waals surface area contributed by atoms with Crippen molar-refractivity contribution in [2.75, 3.05) is 47.8 Å². The normalized spacial score (nSPS) is 16.9. The minimum Gasteiger partial charge on any atom is -0.472 e. The van der Waals surface area contributed by atoms with Crippen molar-refractivity contribution in [1.29, 1.82) is 0 Å². The minimum atomic E-state index is -0.181. The third kappa shape index (κ3) is 6.59. The highest BCUT2D eigenvalue weighted by atomic mass is 16.5. The fourth-order valence-electron chi connectivity index (χ4n) is 3.30. The van der Waals surface area contributed by atoms with Gasteiger partial charge in [-0.05, 0) is 52.9 Å². The van der Waals surface area contributed by atoms with E-state index in [9.17, 15) is 4.79 Å². The van der Waals surface area contributed by atoms with E-state index in [-0.39, 0.29) is 12.0 Å². The molecule has 0 bridgehead atoms. The first-order chi connectivity index (χ1) is 12.9. The van der Waals surface area contributed by atoms with Crippen molar-refractivity contribution in [2.45, 2.75) is 37.8 Å². The van der Waals surface area contributed by atoms with Gasteiger partial charge in [0.25, 0.3) is 5.91 Å². The van der Waals surface area contributed by atoms with Gasteiger partial charge in [0.2, 0.25) is 5.88 Å². The van der Waals surface area contributed by atoms with E-state index in [1.807, 2.05) is 6.08 Å². The lowest BCUT2D eigenvalue weighted by atomic mass is 10.0. The average molecular weight is 376 g/mol. The molecule has 0 aromatic carbocycles. The molecule has 2 heterocycles. The number of rotatable bonds is 9. The molecule has 1 unspecified atom stereocenters. The van der Waals surface area contributed by atoms with Gasteiger partial charge < -0.3 is 14.5 Å². The van der Waals surface area contributed by atoms with E-state index in [4.69, 9.17) is 4.74 Å². The number of hydrogen-bond acceptors (Lipinski definition) is 6. The smallest absolute Gasteiger partial charge is 0.273 e. The maximum Gasteiger partial charge on any atom is 0.273 e. The van der Waals surface area contributed by atoms with Crippen LogP contribution in [0.3, 0.4) is 0 Å². The fourth-order valence-corrected chi connectivity index (χ4v) is 3.30. The van der Waals surface area contributed by atoms with Crippen LogP contribution in [-0.2, 0) is 0 Å². The molecule has 1 fully saturated rings. The summed E-state index contributed by atoms with van der Waals surface area (Å²) in [6, 6.07) is 0.573. The molecular weight excluding hydrogens is 342 g/mol. The Morgan fingerprint density at radius 3 is 2.70 bits per heavy atom. The van der Waals surface area contributed by atoms with E-state index >= 15 is 0 Å². The molecule has 1 aliphatic heterocycles. The van der Waals surface area contributed by atoms with Gasteiger partial charge in [-0.3, -0.25) is 14.7 Å². The number of likely N-dealkylation sites (tertiary alicyclic amines) is 1. The van der Waals surface area contributed by atoms with Gasteiger partial charge in [-0.15, -0.1) is 6.58 Å². The van der Waals surface area contributed by atoms with Gasteiger partial charge in [-0.1, -0.05) is 6.08 Å². The molecule has 0 radical (unpaired) electrons. The number of piperidine rings is 1. The highest BCUT2D eigenvalue weighted by Gasteiger charge is 2.24. The van der Waals surface area contributed by atoms with Crippen LogP contribution in [0.5, 0.6) is 5.88 Å². The minimum absolute atomic E-state index is 0.0216. The summed E-state index contributed by atoms with van der Waals surface area (Å²) in [7, 11) is 7.73. The summed E-state index contributed by atoms with van der Waals surface area (Å²) in [5.41, 5.74) is 0.295. The lowest BCUT2D eigenvalue weighted by Gasteiger charge is -2.36. The third-order valence-electron chi connectivity index (χ3n) is 5.02. The average Bonchev–Trinajstić information content (AvgIpc) is 2.66. The number of nitrogens with zero attached hydrogens (tertiary/aromatic N) is 5. The Balaban J connectivity index is 2.02. The summed E-state index contributed by atoms with van der Waals surface area (Å²) >= 11 is 0. The molecule has 0 saturated carbocycles. The van der Waals surface area contributed by atoms with Crippen LogP contribution in [0, 0.1) is 0 Å². The predicted octanol–water partition coefficient (Wildman–Crippen LogP) is 1.92. The molecule has 1 atom stereocenters. The summed E-state index contributed by atoms with van der Waals surface area (Å²) < 4.78 is 6.13. The van der Waals surface area contributed by atoms with Gasteiger partial charge in [0.1, 0.15) is 6.10 Å². The summed E-state index contributed by atoms with van der Waals surface area (Å²) in [6.45, 7) is 6.90. The summed E-state index contributed by atoms with van der Waals surface area (Å²) in [5, 5.41) is 0. The third-order valence-corrected chi connectivity index (χ3v) is 5.02. The van der Waals surface area contributed by atoms with E-state index in [1.54, 1.807) is 20.3 Å². The number of ether oxygens (including phenoxy) is 1. The molecule has 1 aromatic rings. The fraction of sp³-hybridized carbons (Fsp3) is 0.650. The number of amides is 1. The van der Waals surface area contributed by atoms with E-state index < -0.39 is 0 Å². The van der Waals surface area contributed by atoms with Gasteiger partial charge in [0.15, 0.2) is 5.69 Å². The number of carbonyl (C=O) groups is 1. The Labute approximate surface area is 163 Å². The largest absolute Gasteiger partial charge is 0.472 e. The zero-order valence-corrected chi connectivity index (χ0v) is 17.1. The molecule has 1 saturated heterocycles. The maximum absolute atomic E-state index is 12.1. The zero-order valence-electron chi connectivity index (χ0n) is 17.1. The van der Waals surface area contributed by atoms with Crippen molar-refractivity contribution in [3.8, 4) is 5.88 Å². The van der Waals surface area contributed by atoms with Crippen LogP contribution < -0.4 is 4.74 Å². The maximum atomic E-state index is 12.1. The second-order valence-electron chi connectivity index (χ2n) is 7.52. The Hall–Kier alpha value is -1.99. The molecular formula is C20H33N5O2. The Kier molecular flexibility index (Phi) is 8.19. The molecule has 0 spiro atoms. The monoisotopic (exact) mass is 375 g/mol. The van der Waals surface area contributed by atoms with Gasteiger partial charge in [0.05, 0.1) is 12.4 Å². The van der Waals surface area contributed by atoms with Gasteiger partial charge in [-0.25, -0.2) is 4.98 Å². The highest BCUT2D eigenvalue weighted by Crippen LogP contribution is 2.18. The number of hydrogen-bond donors (Lipinski definition) is 0. The first-order valence-electron chi connectivity index (χ1n) is 9.60. The second kappa shape index (κ2) is 10.4. The number of likely N-dealkylation sites (N-methyl/N-ethyl adjacent to an activating group) is 1. The second-order valence-corrected chi connectivity index (χ2v) is 7.52. The molecule has 7 heteroatoms. The Bertz CT molecular complexity index is 614. The van der Waals surface area contributed by atoms with Crippen LogP contribution in [0.25, 0.3) is 0 Å². The van der Waals surface area contributed by atoms with E-state index in [0.717, 1.165) is 32.5 Å². The van der Waals surface area contributed by atoms with Crippen molar-refractivity contribution < 1.29 is 9.53 Å². The van der Waals surface area contributed by atoms with E-state index in [0.29, 0.717) is 17.6 Å². The van der Waals surface area contributed by atoms with Crippen LogP contribution in [0.2, 0.25) is 0 Å². The molecule has 150 valence electrons. The first-order valence-corrected chi connectivity index (χ1v) is 9.60. The lowest BCUT2D eigenvalue weighted by Crippen LogP contribution is -2.45. The first kappa shape index (κ1) is 21.3. The van der Waals surface area contributed by atoms with Crippen LogP contribution in [0.1, 0.15) is 36.2 Å². The van der Waals surface area contributed by atoms with Crippen molar-refractivity contribution in [1.82, 2.24) is 24.7 Å². The number of carbonyl (C=O) groups excluding carboxylic acids is 1. The quantitative estimate of drug-likeness (QED) is 0.615. The van der Waals surface area contributed by atoms with Crippen LogP contribution in [0.15, 0.2) is 25.0 Å². The van der Waals surface area contributed by atoms with Crippen LogP contribution in [0.4, 0.5) is 0 Å². The van der Waals surface area contributed by atoms with Gasteiger partial charge in [-0.2, -0.15) is 0 Å². The van der Waals surface area contributed by atoms with Gasteiger partial charge >= 0.3 is 0 Å². The van der Waals surface area contributed by atoms with Crippen molar-refractivity contribution >= 4 is 5.91 Å². The van der Waals surface area contributed by atoms with E-state index in [2.05, 4.69) is 40.4 Å². The highest BCUT2D eigenvalue weighted by molar-refractivity contribution is 5.91. The Morgan fingerprint density at radius 2 is 2.07 bits per heavy atom. The summed E-state index contributed by atoms with van der Waals surface area (Å²) in [4.78, 5) is 26.8. The molecule has 1 aromatic heterocycles. The predicted molar refractivity (Wildman–Crippen MR) is 107 cm³/mol. The molecule has 27 heavy (non-hydrogen) atoms. The molecule has 7 nitrogen and oxygen atoms in total. The summed E-state index contributed by atoms with van der Waals surface area (Å²) in [6.07, 6.45) is 9.00. The van der Waals surface area contributed by atoms with Crippen molar-refractivity contribution in [3.05, 3.63) is 30.7 Å². The lowest BCUT2D eigenvalue weighted by molar-refractivity contribution is 0.0799. The standard InChI is InChI=1S/C20H33N5O2/c1-6-7-8-17(15-25(5)16-9-11-24(4)12-10-16)27-19-14-21-13-18(22-19)20(26)23(2)3/h6,13-14,16-17H,1,7-12,15H2,2-5H3. The molecule has 0 N–H and O–H groups in total.